The predicted octanol–water partition coefficient (Wildman–Crippen LogP) is 14.2. The molecule has 0 radical (unpaired) electrons. The number of hydrogen-bond acceptors (Lipinski definition) is 5. The van der Waals surface area contributed by atoms with E-state index in [-0.39, 0.29) is 25.2 Å². The summed E-state index contributed by atoms with van der Waals surface area (Å²) in [6.45, 7) is 4.11. The Morgan fingerprint density at radius 3 is 1.22 bits per heavy atom. The number of allylic oxidation sites excluding steroid dienone is 4. The Bertz CT molecular complexity index is 776. The number of carbonyl (C=O) groups is 2. The van der Waals surface area contributed by atoms with Crippen molar-refractivity contribution >= 4 is 11.9 Å². The molecule has 5 nitrogen and oxygen atoms in total. The van der Waals surface area contributed by atoms with Gasteiger partial charge in [0.1, 0.15) is 6.61 Å². The van der Waals surface area contributed by atoms with Crippen LogP contribution in [-0.2, 0) is 19.1 Å². The topological polar surface area (TPSA) is 72.8 Å². The maximum absolute atomic E-state index is 12.2. The fourth-order valence-corrected chi connectivity index (χ4v) is 6.57. The van der Waals surface area contributed by atoms with Crippen LogP contribution in [0.25, 0.3) is 0 Å². The zero-order valence-corrected chi connectivity index (χ0v) is 34.1. The van der Waals surface area contributed by atoms with E-state index in [0.29, 0.717) is 12.8 Å². The van der Waals surface area contributed by atoms with Crippen LogP contribution in [0.1, 0.15) is 239 Å². The lowest BCUT2D eigenvalue weighted by molar-refractivity contribution is -0.161. The summed E-state index contributed by atoms with van der Waals surface area (Å²) in [6, 6.07) is 0. The maximum atomic E-state index is 12.2. The van der Waals surface area contributed by atoms with Crippen molar-refractivity contribution in [2.45, 2.75) is 245 Å². The molecule has 1 atom stereocenters. The van der Waals surface area contributed by atoms with Crippen molar-refractivity contribution in [2.75, 3.05) is 13.2 Å². The van der Waals surface area contributed by atoms with Gasteiger partial charge in [0, 0.05) is 12.8 Å². The third kappa shape index (κ3) is 41.0. The Morgan fingerprint density at radius 2 is 0.804 bits per heavy atom. The van der Waals surface area contributed by atoms with Gasteiger partial charge in [-0.1, -0.05) is 212 Å². The fourth-order valence-electron chi connectivity index (χ4n) is 6.57. The summed E-state index contributed by atoms with van der Waals surface area (Å²) in [5.74, 6) is -0.596. The third-order valence-corrected chi connectivity index (χ3v) is 10.00. The number of hydrogen-bond donors (Lipinski definition) is 1. The van der Waals surface area contributed by atoms with Gasteiger partial charge >= 0.3 is 11.9 Å². The molecule has 0 fully saturated rings. The number of rotatable bonds is 41. The minimum atomic E-state index is -0.774. The van der Waals surface area contributed by atoms with E-state index < -0.39 is 6.10 Å². The molecule has 0 bridgehead atoms. The van der Waals surface area contributed by atoms with E-state index in [0.717, 1.165) is 51.4 Å². The molecule has 0 saturated heterocycles. The van der Waals surface area contributed by atoms with E-state index in [9.17, 15) is 14.7 Å². The van der Waals surface area contributed by atoms with Crippen molar-refractivity contribution in [1.29, 1.82) is 0 Å². The molecular formula is C46H86O5. The van der Waals surface area contributed by atoms with Crippen LogP contribution < -0.4 is 0 Å². The molecule has 51 heavy (non-hydrogen) atoms. The van der Waals surface area contributed by atoms with Crippen LogP contribution in [0.4, 0.5) is 0 Å². The Kier molecular flexibility index (Phi) is 41.4. The van der Waals surface area contributed by atoms with E-state index >= 15 is 0 Å². The second-order valence-corrected chi connectivity index (χ2v) is 15.1. The van der Waals surface area contributed by atoms with Gasteiger partial charge in [0.05, 0.1) is 6.61 Å². The van der Waals surface area contributed by atoms with Crippen molar-refractivity contribution in [3.8, 4) is 0 Å². The Hall–Kier alpha value is -1.62. The molecule has 0 aliphatic rings. The number of ether oxygens (including phenoxy) is 2. The molecule has 0 aromatic carbocycles. The van der Waals surface area contributed by atoms with E-state index in [4.69, 9.17) is 9.47 Å². The first-order valence-electron chi connectivity index (χ1n) is 22.4. The molecule has 5 heteroatoms. The van der Waals surface area contributed by atoms with E-state index in [1.54, 1.807) is 0 Å². The van der Waals surface area contributed by atoms with Crippen LogP contribution in [0, 0.1) is 0 Å². The van der Waals surface area contributed by atoms with Gasteiger partial charge in [-0.25, -0.2) is 0 Å². The molecule has 0 aliphatic carbocycles. The second-order valence-electron chi connectivity index (χ2n) is 15.1. The molecule has 0 saturated carbocycles. The maximum Gasteiger partial charge on any atom is 0.306 e. The van der Waals surface area contributed by atoms with Crippen LogP contribution in [0.5, 0.6) is 0 Å². The van der Waals surface area contributed by atoms with Crippen LogP contribution in [0.3, 0.4) is 0 Å². The highest BCUT2D eigenvalue weighted by Gasteiger charge is 2.16. The number of esters is 2. The van der Waals surface area contributed by atoms with Crippen molar-refractivity contribution in [1.82, 2.24) is 0 Å². The fraction of sp³-hybridized carbons (Fsp3) is 0.870. The van der Waals surface area contributed by atoms with Gasteiger partial charge in [-0.15, -0.1) is 0 Å². The first-order chi connectivity index (χ1) is 25.1. The van der Waals surface area contributed by atoms with E-state index in [1.165, 1.54) is 161 Å². The van der Waals surface area contributed by atoms with E-state index in [2.05, 4.69) is 38.2 Å². The van der Waals surface area contributed by atoms with Gasteiger partial charge < -0.3 is 14.6 Å². The summed E-state index contributed by atoms with van der Waals surface area (Å²) < 4.78 is 10.6. The van der Waals surface area contributed by atoms with Gasteiger partial charge in [0.2, 0.25) is 0 Å². The first-order valence-corrected chi connectivity index (χ1v) is 22.4. The summed E-state index contributed by atoms with van der Waals surface area (Å²) in [6.07, 6.45) is 51.2. The van der Waals surface area contributed by atoms with Gasteiger partial charge in [0.25, 0.3) is 0 Å². The zero-order chi connectivity index (χ0) is 37.1. The molecule has 1 N–H and O–H groups in total. The highest BCUT2D eigenvalue weighted by Crippen LogP contribution is 2.16. The minimum absolute atomic E-state index is 0.0670. The highest BCUT2D eigenvalue weighted by atomic mass is 16.6. The lowest BCUT2D eigenvalue weighted by atomic mass is 10.0. The Morgan fingerprint density at radius 1 is 0.451 bits per heavy atom. The molecule has 0 aromatic rings. The third-order valence-electron chi connectivity index (χ3n) is 10.00. The monoisotopic (exact) mass is 719 g/mol. The van der Waals surface area contributed by atoms with Gasteiger partial charge in [-0.2, -0.15) is 0 Å². The lowest BCUT2D eigenvalue weighted by Gasteiger charge is -2.15. The molecule has 300 valence electrons. The molecule has 0 heterocycles. The smallest absolute Gasteiger partial charge is 0.306 e. The average molecular weight is 719 g/mol. The first kappa shape index (κ1) is 49.4. The standard InChI is InChI=1S/C46H86O5/c1-3-5-7-9-11-13-15-17-19-20-21-22-23-24-25-26-27-29-30-32-34-36-38-40-45(48)50-43-44(42-47)51-46(49)41-39-37-35-33-31-28-18-16-14-12-10-8-6-4-2/h10,12,16,18,44,47H,3-9,11,13-15,17,19-43H2,1-2H3/b12-10-,18-16-. The van der Waals surface area contributed by atoms with Crippen molar-refractivity contribution in [2.24, 2.45) is 0 Å². The van der Waals surface area contributed by atoms with Crippen molar-refractivity contribution in [3.05, 3.63) is 24.3 Å². The Labute approximate surface area is 317 Å². The number of unbranched alkanes of at least 4 members (excludes halogenated alkanes) is 29. The van der Waals surface area contributed by atoms with Crippen molar-refractivity contribution in [3.63, 3.8) is 0 Å². The lowest BCUT2D eigenvalue weighted by Crippen LogP contribution is -2.28. The summed E-state index contributed by atoms with van der Waals surface area (Å²) in [7, 11) is 0. The van der Waals surface area contributed by atoms with E-state index in [1.807, 2.05) is 0 Å². The van der Waals surface area contributed by atoms with Gasteiger partial charge in [0.15, 0.2) is 6.10 Å². The van der Waals surface area contributed by atoms with Crippen molar-refractivity contribution < 1.29 is 24.2 Å². The Balaban J connectivity index is 3.47. The van der Waals surface area contributed by atoms with Crippen LogP contribution >= 0.6 is 0 Å². The molecule has 0 amide bonds. The average Bonchev–Trinajstić information content (AvgIpc) is 3.13. The molecular weight excluding hydrogens is 633 g/mol. The van der Waals surface area contributed by atoms with Crippen LogP contribution in [0.15, 0.2) is 24.3 Å². The number of aliphatic hydroxyl groups excluding tert-OH is 1. The molecule has 0 spiro atoms. The zero-order valence-electron chi connectivity index (χ0n) is 34.1. The SMILES string of the molecule is CCCC/C=C\C/C=C\CCCCCCCC(=O)OC(CO)COC(=O)CCCCCCCCCCCCCCCCCCCCCCCCC. The minimum Gasteiger partial charge on any atom is -0.462 e. The number of aliphatic hydroxyl groups is 1. The largest absolute Gasteiger partial charge is 0.462 e. The van der Waals surface area contributed by atoms with Gasteiger partial charge in [-0.05, 0) is 38.5 Å². The molecule has 1 unspecified atom stereocenters. The summed E-state index contributed by atoms with van der Waals surface area (Å²) >= 11 is 0. The molecule has 0 rings (SSSR count). The summed E-state index contributed by atoms with van der Waals surface area (Å²) in [4.78, 5) is 24.3. The van der Waals surface area contributed by atoms with Crippen LogP contribution in [0.2, 0.25) is 0 Å². The second kappa shape index (κ2) is 42.8. The normalized spacial score (nSPS) is 12.3. The molecule has 0 aliphatic heterocycles. The highest BCUT2D eigenvalue weighted by molar-refractivity contribution is 5.70. The quantitative estimate of drug-likeness (QED) is 0.0387. The van der Waals surface area contributed by atoms with Gasteiger partial charge in [-0.3, -0.25) is 9.59 Å². The number of carbonyl (C=O) groups excluding carboxylic acids is 2. The summed E-state index contributed by atoms with van der Waals surface area (Å²) in [5, 5.41) is 9.57. The van der Waals surface area contributed by atoms with Crippen LogP contribution in [-0.4, -0.2) is 36.4 Å². The summed E-state index contributed by atoms with van der Waals surface area (Å²) in [5.41, 5.74) is 0. The predicted molar refractivity (Wildman–Crippen MR) is 219 cm³/mol. The molecule has 0 aromatic heterocycles.